The van der Waals surface area contributed by atoms with Crippen molar-refractivity contribution in [1.82, 2.24) is 14.4 Å². The van der Waals surface area contributed by atoms with Gasteiger partial charge in [0.2, 0.25) is 5.69 Å². The van der Waals surface area contributed by atoms with Crippen molar-refractivity contribution < 1.29 is 4.74 Å². The van der Waals surface area contributed by atoms with Crippen LogP contribution in [0.15, 0.2) is 23.7 Å². The number of rotatable bonds is 3. The van der Waals surface area contributed by atoms with Crippen molar-refractivity contribution in [3.05, 3.63) is 24.7 Å². The molecule has 1 aromatic heterocycles. The largest absolute Gasteiger partial charge is 0.377 e. The summed E-state index contributed by atoms with van der Waals surface area (Å²) in [6.07, 6.45) is 13.4. The first-order valence-corrected chi connectivity index (χ1v) is 6.04. The minimum Gasteiger partial charge on any atom is -0.377 e. The molecule has 1 saturated heterocycles. The van der Waals surface area contributed by atoms with Gasteiger partial charge in [0.1, 0.15) is 18.4 Å². The van der Waals surface area contributed by atoms with Crippen molar-refractivity contribution in [3.63, 3.8) is 0 Å². The van der Waals surface area contributed by atoms with Crippen LogP contribution in [-0.4, -0.2) is 35.3 Å². The molecule has 17 heavy (non-hydrogen) atoms. The van der Waals surface area contributed by atoms with E-state index in [4.69, 9.17) is 4.74 Å². The van der Waals surface area contributed by atoms with E-state index in [2.05, 4.69) is 22.5 Å². The number of nitrogens with zero attached hydrogens (tertiary/aromatic N) is 4. The van der Waals surface area contributed by atoms with Crippen LogP contribution in [0.1, 0.15) is 18.9 Å². The summed E-state index contributed by atoms with van der Waals surface area (Å²) in [5.74, 6) is 0. The maximum absolute atomic E-state index is 5.19. The van der Waals surface area contributed by atoms with Crippen LogP contribution in [0.3, 0.4) is 0 Å². The quantitative estimate of drug-likeness (QED) is 0.733. The minimum atomic E-state index is 0.405. The molecule has 4 rings (SSSR count). The van der Waals surface area contributed by atoms with Crippen LogP contribution in [0.4, 0.5) is 5.69 Å². The number of hydrogen-bond acceptors (Lipinski definition) is 3. The summed E-state index contributed by atoms with van der Waals surface area (Å²) in [5.41, 5.74) is 1.14. The number of allylic oxidation sites excluding steroid dienone is 1. The molecule has 0 spiro atoms. The Morgan fingerprint density at radius 1 is 1.41 bits per heavy atom. The standard InChI is InChI=1S/C12H14N4O/c1-4-14-16(5-1,11-2-3-11)12-6-13-15(7-12)10-8-17-9-10/h4-7,10-11H,2-3,8-9H2/q+1. The van der Waals surface area contributed by atoms with E-state index in [0.29, 0.717) is 16.7 Å². The molecule has 1 aliphatic carbocycles. The van der Waals surface area contributed by atoms with Gasteiger partial charge in [-0.3, -0.25) is 4.68 Å². The highest BCUT2D eigenvalue weighted by atomic mass is 16.5. The molecule has 1 aromatic rings. The molecule has 5 nitrogen and oxygen atoms in total. The van der Waals surface area contributed by atoms with Crippen molar-refractivity contribution >= 4 is 11.9 Å². The molecular weight excluding hydrogens is 216 g/mol. The van der Waals surface area contributed by atoms with E-state index in [1.54, 1.807) is 6.21 Å². The fourth-order valence-corrected chi connectivity index (χ4v) is 2.42. The van der Waals surface area contributed by atoms with Gasteiger partial charge in [-0.05, 0) is 0 Å². The third-order valence-electron chi connectivity index (χ3n) is 3.69. The second kappa shape index (κ2) is 3.27. The maximum Gasteiger partial charge on any atom is 0.202 e. The monoisotopic (exact) mass is 230 g/mol. The predicted molar refractivity (Wildman–Crippen MR) is 63.2 cm³/mol. The zero-order valence-corrected chi connectivity index (χ0v) is 9.49. The van der Waals surface area contributed by atoms with Gasteiger partial charge in [0.15, 0.2) is 0 Å². The molecule has 3 aliphatic rings. The van der Waals surface area contributed by atoms with Crippen LogP contribution in [-0.2, 0) is 4.74 Å². The van der Waals surface area contributed by atoms with Crippen molar-refractivity contribution in [1.29, 1.82) is 0 Å². The second-order valence-corrected chi connectivity index (χ2v) is 4.88. The minimum absolute atomic E-state index is 0.405. The number of quaternary nitrogens is 1. The lowest BCUT2D eigenvalue weighted by atomic mass is 10.3. The van der Waals surface area contributed by atoms with Gasteiger partial charge in [0, 0.05) is 12.8 Å². The van der Waals surface area contributed by atoms with Gasteiger partial charge < -0.3 is 4.74 Å². The molecule has 87 valence electrons. The van der Waals surface area contributed by atoms with E-state index in [0.717, 1.165) is 18.9 Å². The van der Waals surface area contributed by atoms with Crippen LogP contribution in [0.5, 0.6) is 0 Å². The van der Waals surface area contributed by atoms with E-state index in [9.17, 15) is 0 Å². The summed E-state index contributed by atoms with van der Waals surface area (Å²) in [7, 11) is 0. The van der Waals surface area contributed by atoms with Crippen LogP contribution >= 0.6 is 0 Å². The zero-order chi connectivity index (χ0) is 11.3. The maximum atomic E-state index is 5.19. The SMILES string of the molecule is [C]1=C[N+](c2cnn(C3COC3)c2)(C2CC2)N=C1. The summed E-state index contributed by atoms with van der Waals surface area (Å²) in [6, 6.07) is 0.985. The first kappa shape index (κ1) is 9.56. The Morgan fingerprint density at radius 2 is 2.29 bits per heavy atom. The van der Waals surface area contributed by atoms with Crippen molar-refractivity contribution in [2.75, 3.05) is 13.2 Å². The van der Waals surface area contributed by atoms with Gasteiger partial charge in [0.05, 0.1) is 37.7 Å². The summed E-state index contributed by atoms with van der Waals surface area (Å²) in [4.78, 5) is 0. The average Bonchev–Trinajstić information content (AvgIpc) is 2.83. The molecule has 2 fully saturated rings. The Morgan fingerprint density at radius 3 is 2.88 bits per heavy atom. The van der Waals surface area contributed by atoms with Gasteiger partial charge in [-0.1, -0.05) is 5.10 Å². The highest BCUT2D eigenvalue weighted by Gasteiger charge is 2.48. The van der Waals surface area contributed by atoms with Gasteiger partial charge in [-0.15, -0.1) is 4.59 Å². The predicted octanol–water partition coefficient (Wildman–Crippen LogP) is 1.24. The van der Waals surface area contributed by atoms with Crippen molar-refractivity contribution in [2.45, 2.75) is 24.9 Å². The molecule has 1 atom stereocenters. The summed E-state index contributed by atoms with van der Waals surface area (Å²) >= 11 is 0. The van der Waals surface area contributed by atoms with Crippen molar-refractivity contribution in [2.24, 2.45) is 5.10 Å². The summed E-state index contributed by atoms with van der Waals surface area (Å²) in [6.45, 7) is 1.55. The highest BCUT2D eigenvalue weighted by Crippen LogP contribution is 2.41. The fourth-order valence-electron chi connectivity index (χ4n) is 2.42. The summed E-state index contributed by atoms with van der Waals surface area (Å²) in [5, 5.41) is 9.01. The summed E-state index contributed by atoms with van der Waals surface area (Å²) < 4.78 is 7.76. The van der Waals surface area contributed by atoms with E-state index in [1.165, 1.54) is 12.8 Å². The average molecular weight is 230 g/mol. The normalized spacial score (nSPS) is 32.0. The van der Waals surface area contributed by atoms with E-state index < -0.39 is 0 Å². The van der Waals surface area contributed by atoms with Crippen LogP contribution < -0.4 is 4.59 Å². The van der Waals surface area contributed by atoms with E-state index in [1.807, 2.05) is 17.1 Å². The first-order valence-electron chi connectivity index (χ1n) is 6.04. The van der Waals surface area contributed by atoms with Crippen LogP contribution in [0.2, 0.25) is 0 Å². The number of hydrogen-bond donors (Lipinski definition) is 0. The van der Waals surface area contributed by atoms with Gasteiger partial charge in [-0.25, -0.2) is 0 Å². The highest BCUT2D eigenvalue weighted by molar-refractivity contribution is 5.71. The smallest absolute Gasteiger partial charge is 0.202 e. The Hall–Kier alpha value is -1.46. The number of aromatic nitrogens is 2. The Balaban J connectivity index is 1.70. The molecule has 5 heteroatoms. The topological polar surface area (TPSA) is 39.4 Å². The van der Waals surface area contributed by atoms with Gasteiger partial charge in [0.25, 0.3) is 0 Å². The first-order chi connectivity index (χ1) is 8.38. The molecule has 0 aromatic carbocycles. The van der Waals surface area contributed by atoms with E-state index >= 15 is 0 Å². The molecule has 1 unspecified atom stereocenters. The lowest BCUT2D eigenvalue weighted by molar-refractivity contribution is -0.0286. The molecular formula is C12H14N4O+. The van der Waals surface area contributed by atoms with E-state index in [-0.39, 0.29) is 0 Å². The second-order valence-electron chi connectivity index (χ2n) is 4.88. The molecule has 1 saturated carbocycles. The molecule has 1 radical (unpaired) electrons. The Bertz CT molecular complexity index is 484. The fraction of sp³-hybridized carbons (Fsp3) is 0.500. The van der Waals surface area contributed by atoms with Gasteiger partial charge in [-0.2, -0.15) is 5.10 Å². The molecule has 2 aliphatic heterocycles. The molecule has 0 bridgehead atoms. The Kier molecular flexibility index (Phi) is 1.84. The zero-order valence-electron chi connectivity index (χ0n) is 9.49. The van der Waals surface area contributed by atoms with Crippen LogP contribution in [0.25, 0.3) is 0 Å². The third-order valence-corrected chi connectivity index (χ3v) is 3.69. The molecule has 0 amide bonds. The molecule has 0 N–H and O–H groups in total. The third kappa shape index (κ3) is 1.33. The lowest BCUT2D eigenvalue weighted by Crippen LogP contribution is -2.38. The van der Waals surface area contributed by atoms with Crippen LogP contribution in [0, 0.1) is 6.08 Å². The lowest BCUT2D eigenvalue weighted by Gasteiger charge is -2.26. The van der Waals surface area contributed by atoms with Crippen molar-refractivity contribution in [3.8, 4) is 0 Å². The Labute approximate surface area is 99.6 Å². The van der Waals surface area contributed by atoms with Gasteiger partial charge >= 0.3 is 0 Å². The molecule has 3 heterocycles. The number of ether oxygens (including phenoxy) is 1.